The van der Waals surface area contributed by atoms with Crippen molar-refractivity contribution < 1.29 is 17.6 Å². The van der Waals surface area contributed by atoms with Crippen LogP contribution in [0.15, 0.2) is 24.3 Å². The summed E-state index contributed by atoms with van der Waals surface area (Å²) in [6, 6.07) is 5.91. The SMILES string of the molecule is CCC(C)(C)NC(=O)CN(Cc1ccccc1F)S(C)(=O)=O. The third-order valence-corrected chi connectivity index (χ3v) is 4.65. The minimum atomic E-state index is -3.63. The number of hydrogen-bond donors (Lipinski definition) is 1. The summed E-state index contributed by atoms with van der Waals surface area (Å²) < 4.78 is 38.3. The molecule has 0 aliphatic carbocycles. The molecule has 5 nitrogen and oxygen atoms in total. The molecule has 0 fully saturated rings. The Morgan fingerprint density at radius 3 is 2.41 bits per heavy atom. The summed E-state index contributed by atoms with van der Waals surface area (Å²) in [5.41, 5.74) is -0.186. The molecule has 0 atom stereocenters. The maximum absolute atomic E-state index is 13.7. The number of hydrogen-bond acceptors (Lipinski definition) is 3. The zero-order valence-electron chi connectivity index (χ0n) is 13.4. The van der Waals surface area contributed by atoms with Crippen LogP contribution in [0.25, 0.3) is 0 Å². The number of nitrogens with zero attached hydrogens (tertiary/aromatic N) is 1. The Morgan fingerprint density at radius 2 is 1.91 bits per heavy atom. The van der Waals surface area contributed by atoms with Gasteiger partial charge in [-0.3, -0.25) is 4.79 Å². The second kappa shape index (κ2) is 7.19. The van der Waals surface area contributed by atoms with Gasteiger partial charge >= 0.3 is 0 Å². The molecule has 0 aliphatic heterocycles. The molecule has 7 heteroatoms. The molecule has 0 saturated carbocycles. The molecule has 0 bridgehead atoms. The first-order chi connectivity index (χ1) is 10.0. The Morgan fingerprint density at radius 1 is 1.32 bits per heavy atom. The number of carbonyl (C=O) groups is 1. The van der Waals surface area contributed by atoms with Gasteiger partial charge in [-0.25, -0.2) is 12.8 Å². The minimum absolute atomic E-state index is 0.175. The van der Waals surface area contributed by atoms with Crippen LogP contribution in [-0.2, 0) is 21.4 Å². The van der Waals surface area contributed by atoms with Gasteiger partial charge in [0.2, 0.25) is 15.9 Å². The lowest BCUT2D eigenvalue weighted by molar-refractivity contribution is -0.123. The smallest absolute Gasteiger partial charge is 0.235 e. The molecule has 1 aromatic rings. The second-order valence-electron chi connectivity index (χ2n) is 5.91. The Kier molecular flexibility index (Phi) is 6.08. The predicted octanol–water partition coefficient (Wildman–Crippen LogP) is 1.89. The molecule has 0 aromatic heterocycles. The van der Waals surface area contributed by atoms with Crippen LogP contribution < -0.4 is 5.32 Å². The van der Waals surface area contributed by atoms with E-state index in [2.05, 4.69) is 5.32 Å². The zero-order chi connectivity index (χ0) is 17.0. The van der Waals surface area contributed by atoms with E-state index in [0.717, 1.165) is 10.6 Å². The molecule has 0 unspecified atom stereocenters. The van der Waals surface area contributed by atoms with Gasteiger partial charge in [-0.15, -0.1) is 0 Å². The van der Waals surface area contributed by atoms with E-state index in [1.54, 1.807) is 6.07 Å². The number of benzene rings is 1. The third kappa shape index (κ3) is 5.73. The molecule has 1 rings (SSSR count). The fraction of sp³-hybridized carbons (Fsp3) is 0.533. The van der Waals surface area contributed by atoms with Crippen molar-refractivity contribution in [2.45, 2.75) is 39.3 Å². The number of rotatable bonds is 7. The Bertz CT molecular complexity index is 629. The molecule has 0 saturated heterocycles. The van der Waals surface area contributed by atoms with Gasteiger partial charge in [-0.1, -0.05) is 25.1 Å². The summed E-state index contributed by atoms with van der Waals surface area (Å²) in [6.45, 7) is 5.12. The Balaban J connectivity index is 2.88. The van der Waals surface area contributed by atoms with E-state index in [4.69, 9.17) is 0 Å². The highest BCUT2D eigenvalue weighted by atomic mass is 32.2. The van der Waals surface area contributed by atoms with Crippen molar-refractivity contribution in [2.24, 2.45) is 0 Å². The zero-order valence-corrected chi connectivity index (χ0v) is 14.2. The average molecular weight is 330 g/mol. The van der Waals surface area contributed by atoms with E-state index in [1.165, 1.54) is 18.2 Å². The Hall–Kier alpha value is -1.47. The largest absolute Gasteiger partial charge is 0.350 e. The van der Waals surface area contributed by atoms with Crippen LogP contribution in [0.5, 0.6) is 0 Å². The van der Waals surface area contributed by atoms with Gasteiger partial charge in [0, 0.05) is 17.6 Å². The second-order valence-corrected chi connectivity index (χ2v) is 7.89. The lowest BCUT2D eigenvalue weighted by Gasteiger charge is -2.27. The summed E-state index contributed by atoms with van der Waals surface area (Å²) in [4.78, 5) is 12.0. The highest BCUT2D eigenvalue weighted by Crippen LogP contribution is 2.13. The molecule has 124 valence electrons. The Labute approximate surface area is 131 Å². The van der Waals surface area contributed by atoms with Gasteiger partial charge in [0.1, 0.15) is 5.82 Å². The van der Waals surface area contributed by atoms with Gasteiger partial charge in [0.15, 0.2) is 0 Å². The number of amides is 1. The third-order valence-electron chi connectivity index (χ3n) is 3.46. The maximum Gasteiger partial charge on any atom is 0.235 e. The van der Waals surface area contributed by atoms with Crippen LogP contribution in [-0.4, -0.2) is 37.0 Å². The van der Waals surface area contributed by atoms with Crippen LogP contribution in [0.2, 0.25) is 0 Å². The van der Waals surface area contributed by atoms with Crippen molar-refractivity contribution in [1.82, 2.24) is 9.62 Å². The van der Waals surface area contributed by atoms with E-state index in [-0.39, 0.29) is 18.7 Å². The van der Waals surface area contributed by atoms with Crippen molar-refractivity contribution in [3.8, 4) is 0 Å². The van der Waals surface area contributed by atoms with Crippen LogP contribution in [0, 0.1) is 5.82 Å². The van der Waals surface area contributed by atoms with Crippen molar-refractivity contribution >= 4 is 15.9 Å². The van der Waals surface area contributed by atoms with Gasteiger partial charge in [-0.2, -0.15) is 4.31 Å². The summed E-state index contributed by atoms with van der Waals surface area (Å²) in [6.07, 6.45) is 1.72. The molecule has 0 radical (unpaired) electrons. The molecular weight excluding hydrogens is 307 g/mol. The summed E-state index contributed by atoms with van der Waals surface area (Å²) in [7, 11) is -3.63. The summed E-state index contributed by atoms with van der Waals surface area (Å²) in [5, 5.41) is 2.77. The molecule has 0 aliphatic rings. The van der Waals surface area contributed by atoms with Crippen LogP contribution in [0.1, 0.15) is 32.8 Å². The first kappa shape index (κ1) is 18.6. The first-order valence-electron chi connectivity index (χ1n) is 7.04. The highest BCUT2D eigenvalue weighted by Gasteiger charge is 2.24. The van der Waals surface area contributed by atoms with Crippen LogP contribution in [0.3, 0.4) is 0 Å². The standard InChI is InChI=1S/C15H23FN2O3S/c1-5-15(2,3)17-14(19)11-18(22(4,20)21)10-12-8-6-7-9-13(12)16/h6-9H,5,10-11H2,1-4H3,(H,17,19). The fourth-order valence-corrected chi connectivity index (χ4v) is 2.50. The lowest BCUT2D eigenvalue weighted by Crippen LogP contribution is -2.48. The fourth-order valence-electron chi connectivity index (χ4n) is 1.77. The van der Waals surface area contributed by atoms with Crippen molar-refractivity contribution in [3.05, 3.63) is 35.6 Å². The van der Waals surface area contributed by atoms with Gasteiger partial charge in [-0.05, 0) is 26.3 Å². The normalized spacial score (nSPS) is 12.5. The molecule has 1 aromatic carbocycles. The molecule has 22 heavy (non-hydrogen) atoms. The maximum atomic E-state index is 13.7. The highest BCUT2D eigenvalue weighted by molar-refractivity contribution is 7.88. The predicted molar refractivity (Wildman–Crippen MR) is 84.2 cm³/mol. The number of halogens is 1. The van der Waals surface area contributed by atoms with Crippen LogP contribution >= 0.6 is 0 Å². The van der Waals surface area contributed by atoms with Gasteiger partial charge < -0.3 is 5.32 Å². The van der Waals surface area contributed by atoms with Crippen molar-refractivity contribution in [3.63, 3.8) is 0 Å². The molecule has 1 amide bonds. The summed E-state index contributed by atoms with van der Waals surface area (Å²) in [5.74, 6) is -0.904. The molecular formula is C15H23FN2O3S. The van der Waals surface area contributed by atoms with E-state index < -0.39 is 27.3 Å². The van der Waals surface area contributed by atoms with Gasteiger partial charge in [0.25, 0.3) is 0 Å². The van der Waals surface area contributed by atoms with E-state index in [1.807, 2.05) is 20.8 Å². The lowest BCUT2D eigenvalue weighted by atomic mass is 10.0. The van der Waals surface area contributed by atoms with E-state index in [0.29, 0.717) is 6.42 Å². The molecule has 1 N–H and O–H groups in total. The first-order valence-corrected chi connectivity index (χ1v) is 8.89. The van der Waals surface area contributed by atoms with Gasteiger partial charge in [0.05, 0.1) is 12.8 Å². The van der Waals surface area contributed by atoms with E-state index in [9.17, 15) is 17.6 Å². The average Bonchev–Trinajstić information content (AvgIpc) is 2.38. The quantitative estimate of drug-likeness (QED) is 0.830. The summed E-state index contributed by atoms with van der Waals surface area (Å²) >= 11 is 0. The number of nitrogens with one attached hydrogen (secondary N) is 1. The topological polar surface area (TPSA) is 66.5 Å². The van der Waals surface area contributed by atoms with Crippen molar-refractivity contribution in [2.75, 3.05) is 12.8 Å². The van der Waals surface area contributed by atoms with Crippen LogP contribution in [0.4, 0.5) is 4.39 Å². The van der Waals surface area contributed by atoms with Crippen molar-refractivity contribution in [1.29, 1.82) is 0 Å². The number of sulfonamides is 1. The van der Waals surface area contributed by atoms with E-state index >= 15 is 0 Å². The minimum Gasteiger partial charge on any atom is -0.350 e. The molecule has 0 spiro atoms. The number of carbonyl (C=O) groups excluding carboxylic acids is 1. The monoisotopic (exact) mass is 330 g/mol. The molecule has 0 heterocycles.